The fourth-order valence-corrected chi connectivity index (χ4v) is 5.79. The molecule has 0 N–H and O–H groups in total. The van der Waals surface area contributed by atoms with Gasteiger partial charge in [0.2, 0.25) is 5.91 Å². The molecule has 1 aromatic heterocycles. The van der Waals surface area contributed by atoms with E-state index in [1.165, 1.54) is 37.4 Å². The molecule has 0 radical (unpaired) electrons. The first kappa shape index (κ1) is 23.0. The maximum atomic E-state index is 12.9. The Morgan fingerprint density at radius 2 is 1.78 bits per heavy atom. The Morgan fingerprint density at radius 1 is 1.03 bits per heavy atom. The minimum absolute atomic E-state index is 0.202. The standard InChI is InChI=1S/C24H34N4O3S/c1-17-9-7-8-14-27(17)22(29)16-32-24-26-25-23(28(24)19-10-5-4-6-11-19)18-12-13-20(30-2)21(15-18)31-3/h12-13,15,17,19H,4-11,14,16H2,1-3H3/t17-/m1/s1. The Hall–Kier alpha value is -2.22. The van der Waals surface area contributed by atoms with Crippen LogP contribution in [0.15, 0.2) is 23.4 Å². The molecule has 2 aliphatic rings. The van der Waals surface area contributed by atoms with Crippen molar-refractivity contribution >= 4 is 17.7 Å². The summed E-state index contributed by atoms with van der Waals surface area (Å²) in [6.45, 7) is 3.02. The monoisotopic (exact) mass is 458 g/mol. The number of likely N-dealkylation sites (tertiary alicyclic amines) is 1. The van der Waals surface area contributed by atoms with E-state index >= 15 is 0 Å². The first-order valence-electron chi connectivity index (χ1n) is 11.7. The van der Waals surface area contributed by atoms with Gasteiger partial charge in [-0.1, -0.05) is 31.0 Å². The Bertz CT molecular complexity index is 926. The van der Waals surface area contributed by atoms with E-state index in [-0.39, 0.29) is 5.91 Å². The third-order valence-electron chi connectivity index (χ3n) is 6.69. The van der Waals surface area contributed by atoms with Crippen molar-refractivity contribution in [3.63, 3.8) is 0 Å². The molecule has 2 fully saturated rings. The van der Waals surface area contributed by atoms with Crippen molar-refractivity contribution in [2.75, 3.05) is 26.5 Å². The summed E-state index contributed by atoms with van der Waals surface area (Å²) in [6.07, 6.45) is 9.33. The number of piperidine rings is 1. The molecule has 7 nitrogen and oxygen atoms in total. The average molecular weight is 459 g/mol. The van der Waals surface area contributed by atoms with Gasteiger partial charge in [-0.15, -0.1) is 10.2 Å². The van der Waals surface area contributed by atoms with Crippen LogP contribution in [0.1, 0.15) is 64.3 Å². The average Bonchev–Trinajstić information content (AvgIpc) is 3.27. The maximum Gasteiger partial charge on any atom is 0.233 e. The smallest absolute Gasteiger partial charge is 0.233 e. The van der Waals surface area contributed by atoms with Crippen LogP contribution in [0.4, 0.5) is 0 Å². The molecule has 174 valence electrons. The Kier molecular flexibility index (Phi) is 7.60. The second-order valence-electron chi connectivity index (χ2n) is 8.76. The number of carbonyl (C=O) groups excluding carboxylic acids is 1. The van der Waals surface area contributed by atoms with Gasteiger partial charge in [0.05, 0.1) is 20.0 Å². The molecule has 0 spiro atoms. The van der Waals surface area contributed by atoms with E-state index in [1.54, 1.807) is 14.2 Å². The molecular formula is C24H34N4O3S. The molecule has 0 unspecified atom stereocenters. The summed E-state index contributed by atoms with van der Waals surface area (Å²) >= 11 is 1.52. The number of nitrogens with zero attached hydrogens (tertiary/aromatic N) is 4. The molecule has 2 aromatic rings. The van der Waals surface area contributed by atoms with Gasteiger partial charge in [0.15, 0.2) is 22.5 Å². The van der Waals surface area contributed by atoms with Crippen LogP contribution in [0.3, 0.4) is 0 Å². The van der Waals surface area contributed by atoms with Crippen LogP contribution in [-0.4, -0.2) is 58.1 Å². The van der Waals surface area contributed by atoms with E-state index in [4.69, 9.17) is 9.47 Å². The van der Waals surface area contributed by atoms with Crippen LogP contribution in [-0.2, 0) is 4.79 Å². The normalized spacial score (nSPS) is 19.7. The molecule has 2 heterocycles. The number of aromatic nitrogens is 3. The summed E-state index contributed by atoms with van der Waals surface area (Å²) in [5, 5.41) is 9.94. The van der Waals surface area contributed by atoms with Gasteiger partial charge in [0.25, 0.3) is 0 Å². The number of carbonyl (C=O) groups is 1. The van der Waals surface area contributed by atoms with Gasteiger partial charge >= 0.3 is 0 Å². The summed E-state index contributed by atoms with van der Waals surface area (Å²) in [4.78, 5) is 15.0. The minimum atomic E-state index is 0.202. The van der Waals surface area contributed by atoms with E-state index in [2.05, 4.69) is 21.7 Å². The van der Waals surface area contributed by atoms with Gasteiger partial charge in [-0.25, -0.2) is 0 Å². The topological polar surface area (TPSA) is 69.5 Å². The molecule has 4 rings (SSSR count). The molecule has 8 heteroatoms. The van der Waals surface area contributed by atoms with Gasteiger partial charge in [-0.2, -0.15) is 0 Å². The summed E-state index contributed by atoms with van der Waals surface area (Å²) in [5.41, 5.74) is 0.948. The number of rotatable bonds is 7. The fourth-order valence-electron chi connectivity index (χ4n) is 4.89. The van der Waals surface area contributed by atoms with E-state index in [0.717, 1.165) is 48.8 Å². The Balaban J connectivity index is 1.60. The lowest BCUT2D eigenvalue weighted by atomic mass is 9.95. The van der Waals surface area contributed by atoms with Crippen LogP contribution in [0, 0.1) is 0 Å². The fraction of sp³-hybridized carbons (Fsp3) is 0.625. The summed E-state index contributed by atoms with van der Waals surface area (Å²) < 4.78 is 13.2. The molecule has 1 atom stereocenters. The largest absolute Gasteiger partial charge is 0.493 e. The lowest BCUT2D eigenvalue weighted by molar-refractivity contribution is -0.131. The van der Waals surface area contributed by atoms with Gasteiger partial charge in [0, 0.05) is 24.2 Å². The zero-order chi connectivity index (χ0) is 22.5. The molecule has 1 saturated carbocycles. The molecule has 1 aromatic carbocycles. The number of thioether (sulfide) groups is 1. The maximum absolute atomic E-state index is 12.9. The molecule has 1 aliphatic heterocycles. The highest BCUT2D eigenvalue weighted by Crippen LogP contribution is 2.38. The quantitative estimate of drug-likeness (QED) is 0.546. The lowest BCUT2D eigenvalue weighted by Crippen LogP contribution is -2.43. The number of hydrogen-bond acceptors (Lipinski definition) is 6. The highest BCUT2D eigenvalue weighted by molar-refractivity contribution is 7.99. The first-order valence-corrected chi connectivity index (χ1v) is 12.7. The Labute approximate surface area is 194 Å². The van der Waals surface area contributed by atoms with E-state index in [1.807, 2.05) is 23.1 Å². The van der Waals surface area contributed by atoms with Crippen molar-refractivity contribution in [1.82, 2.24) is 19.7 Å². The molecule has 0 bridgehead atoms. The zero-order valence-corrected chi connectivity index (χ0v) is 20.2. The number of benzene rings is 1. The summed E-state index contributed by atoms with van der Waals surface area (Å²) in [5.74, 6) is 2.80. The third-order valence-corrected chi connectivity index (χ3v) is 7.62. The van der Waals surface area contributed by atoms with E-state index in [0.29, 0.717) is 29.3 Å². The van der Waals surface area contributed by atoms with Crippen molar-refractivity contribution in [1.29, 1.82) is 0 Å². The SMILES string of the molecule is COc1ccc(-c2nnc(SCC(=O)N3CCCC[C@H]3C)n2C2CCCCC2)cc1OC. The predicted molar refractivity (Wildman–Crippen MR) is 126 cm³/mol. The number of ether oxygens (including phenoxy) is 2. The third kappa shape index (κ3) is 4.90. The zero-order valence-electron chi connectivity index (χ0n) is 19.4. The molecule has 1 amide bonds. The minimum Gasteiger partial charge on any atom is -0.493 e. The second-order valence-corrected chi connectivity index (χ2v) is 9.70. The van der Waals surface area contributed by atoms with Crippen LogP contribution in [0.2, 0.25) is 0 Å². The summed E-state index contributed by atoms with van der Waals surface area (Å²) in [6, 6.07) is 6.54. The predicted octanol–water partition coefficient (Wildman–Crippen LogP) is 4.96. The highest BCUT2D eigenvalue weighted by Gasteiger charge is 2.27. The number of methoxy groups -OCH3 is 2. The van der Waals surface area contributed by atoms with Crippen molar-refractivity contribution in [2.24, 2.45) is 0 Å². The van der Waals surface area contributed by atoms with Gasteiger partial charge in [-0.3, -0.25) is 9.36 Å². The van der Waals surface area contributed by atoms with Crippen LogP contribution >= 0.6 is 11.8 Å². The number of hydrogen-bond donors (Lipinski definition) is 0. The Morgan fingerprint density at radius 3 is 2.50 bits per heavy atom. The molecule has 1 aliphatic carbocycles. The first-order chi connectivity index (χ1) is 15.6. The van der Waals surface area contributed by atoms with Crippen molar-refractivity contribution < 1.29 is 14.3 Å². The van der Waals surface area contributed by atoms with Crippen molar-refractivity contribution in [3.05, 3.63) is 18.2 Å². The number of amides is 1. The highest BCUT2D eigenvalue weighted by atomic mass is 32.2. The van der Waals surface area contributed by atoms with Gasteiger partial charge < -0.3 is 14.4 Å². The summed E-state index contributed by atoms with van der Waals surface area (Å²) in [7, 11) is 3.28. The molecule has 1 saturated heterocycles. The van der Waals surface area contributed by atoms with Gasteiger partial charge in [-0.05, 0) is 57.2 Å². The molecular weight excluding hydrogens is 424 g/mol. The second kappa shape index (κ2) is 10.6. The molecule has 32 heavy (non-hydrogen) atoms. The van der Waals surface area contributed by atoms with Crippen LogP contribution in [0.5, 0.6) is 11.5 Å². The van der Waals surface area contributed by atoms with Gasteiger partial charge in [0.1, 0.15) is 0 Å². The van der Waals surface area contributed by atoms with E-state index in [9.17, 15) is 4.79 Å². The van der Waals surface area contributed by atoms with Crippen molar-refractivity contribution in [3.8, 4) is 22.9 Å². The lowest BCUT2D eigenvalue weighted by Gasteiger charge is -2.33. The van der Waals surface area contributed by atoms with Crippen molar-refractivity contribution in [2.45, 2.75) is 75.5 Å². The van der Waals surface area contributed by atoms with E-state index < -0.39 is 0 Å². The van der Waals surface area contributed by atoms with Crippen LogP contribution in [0.25, 0.3) is 11.4 Å². The van der Waals surface area contributed by atoms with Crippen LogP contribution < -0.4 is 9.47 Å².